The highest BCUT2D eigenvalue weighted by molar-refractivity contribution is 5.76. The van der Waals surface area contributed by atoms with Crippen LogP contribution in [-0.2, 0) is 0 Å². The second-order valence-corrected chi connectivity index (χ2v) is 5.20. The molecule has 0 N–H and O–H groups in total. The number of aryl methyl sites for hydroxylation is 1. The summed E-state index contributed by atoms with van der Waals surface area (Å²) in [6, 6.07) is 16.0. The Hall–Kier alpha value is -3.01. The van der Waals surface area contributed by atoms with Crippen LogP contribution in [0.2, 0.25) is 0 Å². The molecule has 0 radical (unpaired) electrons. The number of hydrogen-bond acceptors (Lipinski definition) is 3. The van der Waals surface area contributed by atoms with Crippen LogP contribution in [0.3, 0.4) is 0 Å². The van der Waals surface area contributed by atoms with Crippen LogP contribution in [0.1, 0.15) is 5.56 Å². The summed E-state index contributed by atoms with van der Waals surface area (Å²) in [4.78, 5) is 9.12. The largest absolute Gasteiger partial charge is 0.252 e. The molecule has 0 bridgehead atoms. The van der Waals surface area contributed by atoms with E-state index in [0.717, 1.165) is 28.0 Å². The zero-order valence-electron chi connectivity index (χ0n) is 12.1. The molecule has 2 aromatic carbocycles. The van der Waals surface area contributed by atoms with Crippen molar-refractivity contribution in [3.63, 3.8) is 0 Å². The van der Waals surface area contributed by atoms with Gasteiger partial charge in [0.2, 0.25) is 0 Å². The summed E-state index contributed by atoms with van der Waals surface area (Å²) >= 11 is 0. The Labute approximate surface area is 128 Å². The predicted octanol–water partition coefficient (Wildman–Crippen LogP) is 3.79. The van der Waals surface area contributed by atoms with Crippen molar-refractivity contribution in [1.82, 2.24) is 19.7 Å². The average Bonchev–Trinajstić information content (AvgIpc) is 3.04. The van der Waals surface area contributed by atoms with E-state index < -0.39 is 0 Å². The van der Waals surface area contributed by atoms with Gasteiger partial charge in [-0.1, -0.05) is 30.3 Å². The summed E-state index contributed by atoms with van der Waals surface area (Å²) in [6.07, 6.45) is 5.61. The van der Waals surface area contributed by atoms with Gasteiger partial charge in [-0.2, -0.15) is 5.10 Å². The number of benzene rings is 2. The van der Waals surface area contributed by atoms with Crippen LogP contribution in [0.4, 0.5) is 0 Å². The van der Waals surface area contributed by atoms with Crippen LogP contribution >= 0.6 is 0 Å². The molecule has 0 fully saturated rings. The monoisotopic (exact) mass is 286 g/mol. The van der Waals surface area contributed by atoms with Gasteiger partial charge < -0.3 is 0 Å². The summed E-state index contributed by atoms with van der Waals surface area (Å²) < 4.78 is 1.88. The van der Waals surface area contributed by atoms with Gasteiger partial charge in [-0.05, 0) is 30.7 Å². The Kier molecular flexibility index (Phi) is 2.93. The van der Waals surface area contributed by atoms with Crippen molar-refractivity contribution in [2.45, 2.75) is 6.92 Å². The quantitative estimate of drug-likeness (QED) is 0.563. The molecule has 2 heterocycles. The van der Waals surface area contributed by atoms with Crippen LogP contribution in [0.5, 0.6) is 0 Å². The molecule has 0 aliphatic rings. The molecule has 4 aromatic rings. The first-order valence-corrected chi connectivity index (χ1v) is 7.14. The normalized spacial score (nSPS) is 11.0. The molecular formula is C18H14N4. The Balaban J connectivity index is 1.78. The van der Waals surface area contributed by atoms with Gasteiger partial charge in [0.05, 0.1) is 34.8 Å². The number of aromatic nitrogens is 4. The number of fused-ring (bicyclic) bond motifs is 1. The molecule has 0 saturated heterocycles. The Morgan fingerprint density at radius 1 is 0.864 bits per heavy atom. The predicted molar refractivity (Wildman–Crippen MR) is 86.8 cm³/mol. The summed E-state index contributed by atoms with van der Waals surface area (Å²) in [5.74, 6) is 0. The van der Waals surface area contributed by atoms with E-state index in [1.807, 2.05) is 53.5 Å². The lowest BCUT2D eigenvalue weighted by atomic mass is 10.2. The van der Waals surface area contributed by atoms with Crippen molar-refractivity contribution >= 4 is 11.0 Å². The first-order valence-electron chi connectivity index (χ1n) is 7.14. The lowest BCUT2D eigenvalue weighted by Gasteiger charge is -2.04. The van der Waals surface area contributed by atoms with Gasteiger partial charge in [-0.3, -0.25) is 4.98 Å². The molecule has 0 amide bonds. The molecule has 106 valence electrons. The maximum absolute atomic E-state index is 4.66. The molecule has 0 saturated carbocycles. The van der Waals surface area contributed by atoms with Gasteiger partial charge in [-0.25, -0.2) is 9.67 Å². The summed E-state index contributed by atoms with van der Waals surface area (Å²) in [5.41, 5.74) is 5.84. The third-order valence-electron chi connectivity index (χ3n) is 3.69. The van der Waals surface area contributed by atoms with Crippen molar-refractivity contribution in [2.75, 3.05) is 0 Å². The molecule has 0 spiro atoms. The topological polar surface area (TPSA) is 43.6 Å². The summed E-state index contributed by atoms with van der Waals surface area (Å²) in [6.45, 7) is 2.08. The van der Waals surface area contributed by atoms with Crippen molar-refractivity contribution in [3.05, 3.63) is 72.7 Å². The maximum Gasteiger partial charge on any atom is 0.0924 e. The van der Waals surface area contributed by atoms with E-state index in [2.05, 4.69) is 34.1 Å². The van der Waals surface area contributed by atoms with E-state index in [0.29, 0.717) is 0 Å². The highest BCUT2D eigenvalue weighted by Crippen LogP contribution is 2.21. The zero-order valence-corrected chi connectivity index (χ0v) is 12.1. The molecule has 0 aliphatic carbocycles. The molecule has 0 aliphatic heterocycles. The van der Waals surface area contributed by atoms with Crippen molar-refractivity contribution < 1.29 is 0 Å². The van der Waals surface area contributed by atoms with E-state index >= 15 is 0 Å². The van der Waals surface area contributed by atoms with Gasteiger partial charge >= 0.3 is 0 Å². The minimum atomic E-state index is 0.832. The molecular weight excluding hydrogens is 272 g/mol. The standard InChI is InChI=1S/C18H14N4/c1-13-6-2-5-9-18(13)22-12-14(10-20-22)17-11-19-15-7-3-4-8-16(15)21-17/h2-12H,1H3. The summed E-state index contributed by atoms with van der Waals surface area (Å²) in [5, 5.41) is 4.45. The van der Waals surface area contributed by atoms with Crippen molar-refractivity contribution in [3.8, 4) is 16.9 Å². The van der Waals surface area contributed by atoms with Crippen LogP contribution in [-0.4, -0.2) is 19.7 Å². The smallest absolute Gasteiger partial charge is 0.0924 e. The Morgan fingerprint density at radius 3 is 2.50 bits per heavy atom. The zero-order chi connectivity index (χ0) is 14.9. The second kappa shape index (κ2) is 5.07. The molecule has 2 aromatic heterocycles. The number of para-hydroxylation sites is 3. The fourth-order valence-corrected chi connectivity index (χ4v) is 2.50. The third-order valence-corrected chi connectivity index (χ3v) is 3.69. The van der Waals surface area contributed by atoms with Crippen LogP contribution in [0, 0.1) is 6.92 Å². The lowest BCUT2D eigenvalue weighted by molar-refractivity contribution is 0.873. The van der Waals surface area contributed by atoms with E-state index in [9.17, 15) is 0 Å². The Bertz CT molecular complexity index is 956. The highest BCUT2D eigenvalue weighted by atomic mass is 15.3. The van der Waals surface area contributed by atoms with E-state index in [4.69, 9.17) is 0 Å². The summed E-state index contributed by atoms with van der Waals surface area (Å²) in [7, 11) is 0. The maximum atomic E-state index is 4.66. The fraction of sp³-hybridized carbons (Fsp3) is 0.0556. The van der Waals surface area contributed by atoms with E-state index in [-0.39, 0.29) is 0 Å². The third kappa shape index (κ3) is 2.15. The molecule has 4 rings (SSSR count). The fourth-order valence-electron chi connectivity index (χ4n) is 2.50. The average molecular weight is 286 g/mol. The molecule has 0 atom stereocenters. The minimum absolute atomic E-state index is 0.832. The van der Waals surface area contributed by atoms with Crippen LogP contribution < -0.4 is 0 Å². The van der Waals surface area contributed by atoms with Crippen molar-refractivity contribution in [2.24, 2.45) is 0 Å². The van der Waals surface area contributed by atoms with Gasteiger partial charge in [0.15, 0.2) is 0 Å². The highest BCUT2D eigenvalue weighted by Gasteiger charge is 2.07. The first kappa shape index (κ1) is 12.7. The van der Waals surface area contributed by atoms with Crippen LogP contribution in [0.25, 0.3) is 28.0 Å². The molecule has 22 heavy (non-hydrogen) atoms. The van der Waals surface area contributed by atoms with Gasteiger partial charge in [0, 0.05) is 11.8 Å². The molecule has 4 heteroatoms. The number of nitrogens with zero attached hydrogens (tertiary/aromatic N) is 4. The SMILES string of the molecule is Cc1ccccc1-n1cc(-c2cnc3ccccc3n2)cn1. The Morgan fingerprint density at radius 2 is 1.64 bits per heavy atom. The van der Waals surface area contributed by atoms with E-state index in [1.54, 1.807) is 6.20 Å². The second-order valence-electron chi connectivity index (χ2n) is 5.20. The molecule has 4 nitrogen and oxygen atoms in total. The van der Waals surface area contributed by atoms with E-state index in [1.165, 1.54) is 5.56 Å². The molecule has 0 unspecified atom stereocenters. The van der Waals surface area contributed by atoms with Crippen LogP contribution in [0.15, 0.2) is 67.1 Å². The van der Waals surface area contributed by atoms with Gasteiger partial charge in [0.25, 0.3) is 0 Å². The number of rotatable bonds is 2. The van der Waals surface area contributed by atoms with Gasteiger partial charge in [0.1, 0.15) is 0 Å². The first-order chi connectivity index (χ1) is 10.8. The minimum Gasteiger partial charge on any atom is -0.252 e. The number of hydrogen-bond donors (Lipinski definition) is 0. The van der Waals surface area contributed by atoms with Gasteiger partial charge in [-0.15, -0.1) is 0 Å². The van der Waals surface area contributed by atoms with Crippen molar-refractivity contribution in [1.29, 1.82) is 0 Å². The lowest BCUT2D eigenvalue weighted by Crippen LogP contribution is -1.96.